The topological polar surface area (TPSA) is 160 Å². The van der Waals surface area contributed by atoms with Crippen LogP contribution in [0.25, 0.3) is 136 Å². The Morgan fingerprint density at radius 1 is 0.204 bits per heavy atom. The fourth-order valence-corrected chi connectivity index (χ4v) is 13.3. The SMILES string of the molecule is Cc1cccc(-c2cccc(C#Cc3cccc(-c4c5nc(c(-c6cccc(C#Cc7cccc(-c8cccc(C)n8)n7)c6)c6ccc([nH]6)c(-c6cccc(C#Cc7cccc(-c8cccc(C)n8)n7)c6)c6nc(c(-c7cccc(C#Cc8cccc(-c9cccc(C)n9)n8)c7)c7ccc4[nH]7)C=C6)C=C5)c3)n2)n1. The van der Waals surface area contributed by atoms with E-state index in [0.29, 0.717) is 22.8 Å². The van der Waals surface area contributed by atoms with Crippen molar-refractivity contribution in [2.24, 2.45) is 0 Å². The Kier molecular flexibility index (Phi) is 18.0. The maximum absolute atomic E-state index is 5.70. The summed E-state index contributed by atoms with van der Waals surface area (Å²) in [5.41, 5.74) is 28.6. The van der Waals surface area contributed by atoms with Gasteiger partial charge in [-0.25, -0.2) is 29.9 Å². The lowest BCUT2D eigenvalue weighted by Crippen LogP contribution is -1.92. The maximum Gasteiger partial charge on any atom is 0.114 e. The highest BCUT2D eigenvalue weighted by Gasteiger charge is 2.21. The monoisotopic (exact) mass is 1380 g/mol. The van der Waals surface area contributed by atoms with E-state index in [-0.39, 0.29) is 0 Å². The number of nitrogens with zero attached hydrogens (tertiary/aromatic N) is 10. The van der Waals surface area contributed by atoms with Crippen LogP contribution < -0.4 is 0 Å². The first kappa shape index (κ1) is 66.2. The first-order valence-electron chi connectivity index (χ1n) is 35.4. The molecule has 108 heavy (non-hydrogen) atoms. The highest BCUT2D eigenvalue weighted by Crippen LogP contribution is 2.40. The second kappa shape index (κ2) is 29.3. The molecule has 0 unspecified atom stereocenters. The van der Waals surface area contributed by atoms with Crippen LogP contribution in [0.5, 0.6) is 0 Å². The van der Waals surface area contributed by atoms with Crippen LogP contribution in [0, 0.1) is 75.1 Å². The molecule has 0 fully saturated rings. The van der Waals surface area contributed by atoms with Crippen LogP contribution >= 0.6 is 0 Å². The molecule has 0 aliphatic carbocycles. The first-order valence-corrected chi connectivity index (χ1v) is 35.4. The van der Waals surface area contributed by atoms with E-state index >= 15 is 0 Å². The number of aromatic nitrogens is 12. The van der Waals surface area contributed by atoms with Crippen molar-refractivity contribution in [3.63, 3.8) is 0 Å². The Morgan fingerprint density at radius 2 is 0.417 bits per heavy atom. The summed E-state index contributed by atoms with van der Waals surface area (Å²) in [6.07, 6.45) is 8.39. The van der Waals surface area contributed by atoms with Crippen LogP contribution in [-0.4, -0.2) is 59.8 Å². The summed E-state index contributed by atoms with van der Waals surface area (Å²) >= 11 is 0. The summed E-state index contributed by atoms with van der Waals surface area (Å²) < 4.78 is 0. The molecule has 0 spiro atoms. The third kappa shape index (κ3) is 14.5. The summed E-state index contributed by atoms with van der Waals surface area (Å²) in [4.78, 5) is 58.0. The molecule has 0 saturated heterocycles. The van der Waals surface area contributed by atoms with Crippen molar-refractivity contribution in [2.75, 3.05) is 0 Å². The zero-order valence-corrected chi connectivity index (χ0v) is 59.2. The zero-order chi connectivity index (χ0) is 72.9. The lowest BCUT2D eigenvalue weighted by Gasteiger charge is -2.08. The fraction of sp³-hybridized carbons (Fsp3) is 0.0417. The molecule has 8 bridgehead atoms. The van der Waals surface area contributed by atoms with E-state index in [2.05, 4.69) is 154 Å². The Labute approximate surface area is 625 Å². The first-order chi connectivity index (χ1) is 53.0. The highest BCUT2D eigenvalue weighted by atomic mass is 14.8. The number of benzene rings is 4. The van der Waals surface area contributed by atoms with Gasteiger partial charge in [0, 0.05) is 89.4 Å². The minimum Gasteiger partial charge on any atom is -0.354 e. The van der Waals surface area contributed by atoms with E-state index in [1.165, 1.54) is 0 Å². The molecule has 0 atom stereocenters. The fourth-order valence-electron chi connectivity index (χ4n) is 13.3. The third-order valence-electron chi connectivity index (χ3n) is 18.3. The van der Waals surface area contributed by atoms with Crippen molar-refractivity contribution in [1.82, 2.24) is 59.8 Å². The van der Waals surface area contributed by atoms with E-state index in [9.17, 15) is 0 Å². The molecule has 4 aromatic carbocycles. The molecule has 506 valence electrons. The molecule has 2 N–H and O–H groups in total. The maximum atomic E-state index is 5.70. The number of aryl methyl sites for hydroxylation is 4. The van der Waals surface area contributed by atoms with Gasteiger partial charge in [-0.2, -0.15) is 0 Å². The van der Waals surface area contributed by atoms with E-state index < -0.39 is 0 Å². The van der Waals surface area contributed by atoms with Gasteiger partial charge in [0.2, 0.25) is 0 Å². The average Bonchev–Trinajstić information content (AvgIpc) is 1.61. The number of rotatable bonds is 8. The Morgan fingerprint density at radius 3 is 0.648 bits per heavy atom. The Bertz CT molecular complexity index is 5890. The molecule has 17 rings (SSSR count). The molecular formula is C96H62N12. The molecule has 0 saturated carbocycles. The van der Waals surface area contributed by atoms with Crippen molar-refractivity contribution in [3.8, 4) is 137 Å². The quantitative estimate of drug-likeness (QED) is 0.140. The second-order valence-corrected chi connectivity index (χ2v) is 26.1. The summed E-state index contributed by atoms with van der Waals surface area (Å²) in [6, 6.07) is 88.8. The van der Waals surface area contributed by atoms with Crippen molar-refractivity contribution in [3.05, 3.63) is 358 Å². The smallest absolute Gasteiger partial charge is 0.114 e. The summed E-state index contributed by atoms with van der Waals surface area (Å²) in [5, 5.41) is 0. The molecule has 0 amide bonds. The number of hydrogen-bond acceptors (Lipinski definition) is 10. The minimum absolute atomic E-state index is 0.626. The van der Waals surface area contributed by atoms with Crippen LogP contribution in [-0.2, 0) is 0 Å². The van der Waals surface area contributed by atoms with Gasteiger partial charge in [0.05, 0.1) is 68.3 Å². The molecule has 2 aliphatic heterocycles. The van der Waals surface area contributed by atoms with Crippen LogP contribution in [0.1, 0.15) is 90.6 Å². The van der Waals surface area contributed by atoms with Crippen LogP contribution in [0.3, 0.4) is 0 Å². The van der Waals surface area contributed by atoms with E-state index in [4.69, 9.17) is 49.8 Å². The number of H-pyrrole nitrogens is 2. The van der Waals surface area contributed by atoms with Gasteiger partial charge in [0.15, 0.2) is 0 Å². The summed E-state index contributed by atoms with van der Waals surface area (Å²) in [7, 11) is 0. The van der Waals surface area contributed by atoms with Crippen molar-refractivity contribution < 1.29 is 0 Å². The molecule has 2 aliphatic rings. The number of aromatic amines is 2. The minimum atomic E-state index is 0.626. The molecule has 11 aromatic heterocycles. The predicted octanol–water partition coefficient (Wildman–Crippen LogP) is 20.0. The van der Waals surface area contributed by atoms with Gasteiger partial charge in [-0.1, -0.05) is 121 Å². The molecule has 15 aromatic rings. The number of nitrogens with one attached hydrogen (secondary N) is 2. The standard InChI is InChI=1S/C96H62N12/c1-61-17-5-33-77(97-61)81-37-13-29-73(101-81)45-41-65-21-9-25-69(57-65)93-85-49-51-87(105-85)94(70-26-10-22-66(58-70)42-46-74-30-14-38-82(102-74)78-34-6-18-62(2)98-78)89-53-55-91(107-89)96(72-28-12-24-68(60-72)44-48-76-32-16-40-84(104-76)80-36-8-20-64(4)100-80)92-56-54-90(108-92)95(88-52-50-86(93)106-88)71-27-11-23-67(59-71)43-47-75-31-15-39-83(103-75)79-35-7-19-63(3)99-79/h5-40,49-60,105,108H,1-4H3. The number of fused-ring (bicyclic) bond motifs is 8. The van der Waals surface area contributed by atoms with Gasteiger partial charge < -0.3 is 9.97 Å². The second-order valence-electron chi connectivity index (χ2n) is 26.1. The Balaban J connectivity index is 0.867. The number of pyridine rings is 8. The molecule has 0 radical (unpaired) electrons. The van der Waals surface area contributed by atoms with E-state index in [1.807, 2.05) is 222 Å². The predicted molar refractivity (Wildman–Crippen MR) is 433 cm³/mol. The zero-order valence-electron chi connectivity index (χ0n) is 59.2. The summed E-state index contributed by atoms with van der Waals surface area (Å²) in [5.74, 6) is 27.3. The lowest BCUT2D eigenvalue weighted by molar-refractivity contribution is 1.17. The largest absolute Gasteiger partial charge is 0.354 e. The Hall–Kier alpha value is -15.1. The normalized spacial score (nSPS) is 11.1. The summed E-state index contributed by atoms with van der Waals surface area (Å²) in [6.45, 7) is 7.91. The highest BCUT2D eigenvalue weighted by molar-refractivity contribution is 6.00. The molecular weight excluding hydrogens is 1320 g/mol. The van der Waals surface area contributed by atoms with E-state index in [0.717, 1.165) is 180 Å². The van der Waals surface area contributed by atoms with Crippen molar-refractivity contribution >= 4 is 46.4 Å². The van der Waals surface area contributed by atoms with Gasteiger partial charge in [-0.15, -0.1) is 0 Å². The van der Waals surface area contributed by atoms with Gasteiger partial charge in [0.1, 0.15) is 22.8 Å². The van der Waals surface area contributed by atoms with Gasteiger partial charge in [-0.05, 0) is 268 Å². The molecule has 13 heterocycles. The molecule has 12 heteroatoms. The average molecular weight is 1380 g/mol. The van der Waals surface area contributed by atoms with Crippen LogP contribution in [0.15, 0.2) is 267 Å². The van der Waals surface area contributed by atoms with Crippen LogP contribution in [0.4, 0.5) is 0 Å². The van der Waals surface area contributed by atoms with Crippen molar-refractivity contribution in [2.45, 2.75) is 27.7 Å². The van der Waals surface area contributed by atoms with Gasteiger partial charge in [0.25, 0.3) is 0 Å². The lowest BCUT2D eigenvalue weighted by atomic mass is 10.0. The molecule has 12 nitrogen and oxygen atoms in total. The van der Waals surface area contributed by atoms with Crippen molar-refractivity contribution in [1.29, 1.82) is 0 Å². The van der Waals surface area contributed by atoms with Gasteiger partial charge in [-0.3, -0.25) is 19.9 Å². The number of hydrogen-bond donors (Lipinski definition) is 2. The van der Waals surface area contributed by atoms with Gasteiger partial charge >= 0.3 is 0 Å². The third-order valence-corrected chi connectivity index (χ3v) is 18.3. The van der Waals surface area contributed by atoms with E-state index in [1.54, 1.807) is 0 Å². The van der Waals surface area contributed by atoms with Crippen LogP contribution in [0.2, 0.25) is 0 Å².